The lowest BCUT2D eigenvalue weighted by atomic mass is 9.95. The van der Waals surface area contributed by atoms with Gasteiger partial charge in [0.2, 0.25) is 0 Å². The van der Waals surface area contributed by atoms with Crippen LogP contribution in [-0.4, -0.2) is 68.8 Å². The number of hydrogen-bond donors (Lipinski definition) is 1. The van der Waals surface area contributed by atoms with Gasteiger partial charge in [0.15, 0.2) is 0 Å². The van der Waals surface area contributed by atoms with Crippen LogP contribution in [0.5, 0.6) is 0 Å². The Kier molecular flexibility index (Phi) is 93.9. The number of aliphatic hydroxyl groups excluding tert-OH is 1. The van der Waals surface area contributed by atoms with E-state index in [1.165, 1.54) is 212 Å². The molecule has 0 rings (SSSR count). The van der Waals surface area contributed by atoms with Crippen molar-refractivity contribution in [1.29, 1.82) is 0 Å². The third-order valence-corrected chi connectivity index (χ3v) is 11.8. The molecule has 1 unspecified atom stereocenters. The van der Waals surface area contributed by atoms with Crippen molar-refractivity contribution in [3.05, 3.63) is 0 Å². The molecule has 0 fully saturated rings. The molecule has 0 aromatic carbocycles. The summed E-state index contributed by atoms with van der Waals surface area (Å²) in [6, 6.07) is 0. The summed E-state index contributed by atoms with van der Waals surface area (Å²) in [7, 11) is 1.85. The molecule has 0 amide bonds. The number of aldehydes is 1. The predicted octanol–water partition coefficient (Wildman–Crippen LogP) is 19.7. The number of aliphatic hydroxyl groups is 1. The lowest BCUT2D eigenvalue weighted by molar-refractivity contribution is -0.143. The monoisotopic (exact) mass is 944 g/mol. The van der Waals surface area contributed by atoms with Gasteiger partial charge in [-0.3, -0.25) is 4.79 Å². The van der Waals surface area contributed by atoms with Gasteiger partial charge in [-0.25, -0.2) is 0 Å². The number of hydrogen-bond acceptors (Lipinski definition) is 6. The fourth-order valence-corrected chi connectivity index (χ4v) is 7.62. The largest absolute Gasteiger partial charge is 0.466 e. The number of nitrogens with zero attached hydrogens (tertiary/aromatic N) is 1. The van der Waals surface area contributed by atoms with E-state index in [2.05, 4.69) is 53.4 Å². The highest BCUT2D eigenvalue weighted by Gasteiger charge is 2.08. The lowest BCUT2D eigenvalue weighted by Crippen LogP contribution is -2.29. The molecule has 0 bridgehead atoms. The first kappa shape index (κ1) is 76.5. The molecular weight excluding hydrogens is 815 g/mol. The van der Waals surface area contributed by atoms with Gasteiger partial charge in [-0.1, -0.05) is 269 Å². The molecule has 0 saturated carbocycles. The summed E-state index contributed by atoms with van der Waals surface area (Å²) in [5, 5.41) is 9.14. The average molecular weight is 945 g/mol. The van der Waals surface area contributed by atoms with Gasteiger partial charge in [0.25, 0.3) is 0 Å². The SMILES string of the molecule is CC.CC.CCCCCC.CCCCCC=O.CCCCCCCCC(CCCCCC)COC.CCCCCCCCCCCCOC(=O)CCCCCCCCN(CCO)CCCC. The highest BCUT2D eigenvalue weighted by atomic mass is 16.5. The van der Waals surface area contributed by atoms with E-state index in [9.17, 15) is 9.59 Å². The quantitative estimate of drug-likeness (QED) is 0.0372. The van der Waals surface area contributed by atoms with Crippen LogP contribution in [0.3, 0.4) is 0 Å². The predicted molar refractivity (Wildman–Crippen MR) is 298 cm³/mol. The zero-order chi connectivity index (χ0) is 50.7. The van der Waals surface area contributed by atoms with Crippen molar-refractivity contribution in [1.82, 2.24) is 4.90 Å². The molecule has 0 radical (unpaired) electrons. The van der Waals surface area contributed by atoms with Crippen LogP contribution in [0.4, 0.5) is 0 Å². The van der Waals surface area contributed by atoms with Crippen LogP contribution < -0.4 is 0 Å². The molecule has 6 heteroatoms. The van der Waals surface area contributed by atoms with E-state index in [1.54, 1.807) is 0 Å². The van der Waals surface area contributed by atoms with E-state index < -0.39 is 0 Å². The molecule has 1 N–H and O–H groups in total. The van der Waals surface area contributed by atoms with E-state index >= 15 is 0 Å². The summed E-state index contributed by atoms with van der Waals surface area (Å²) >= 11 is 0. The maximum atomic E-state index is 11.8. The molecule has 0 aromatic heterocycles. The fraction of sp³-hybridized carbons (Fsp3) is 0.967. The summed E-state index contributed by atoms with van der Waals surface area (Å²) in [6.07, 6.45) is 50.6. The van der Waals surface area contributed by atoms with Gasteiger partial charge in [0, 0.05) is 33.1 Å². The van der Waals surface area contributed by atoms with Crippen molar-refractivity contribution >= 4 is 12.3 Å². The smallest absolute Gasteiger partial charge is 0.305 e. The Morgan fingerprint density at radius 2 is 0.803 bits per heavy atom. The zero-order valence-electron chi connectivity index (χ0n) is 48.0. The van der Waals surface area contributed by atoms with Gasteiger partial charge in [-0.05, 0) is 64.0 Å². The van der Waals surface area contributed by atoms with Crippen molar-refractivity contribution in [2.24, 2.45) is 5.92 Å². The Labute approximate surface area is 418 Å². The summed E-state index contributed by atoms with van der Waals surface area (Å²) < 4.78 is 10.7. The molecule has 0 aliphatic rings. The summed E-state index contributed by atoms with van der Waals surface area (Å²) in [5.41, 5.74) is 0. The van der Waals surface area contributed by atoms with Gasteiger partial charge >= 0.3 is 5.97 Å². The van der Waals surface area contributed by atoms with Crippen LogP contribution in [0.15, 0.2) is 0 Å². The first-order valence-corrected chi connectivity index (χ1v) is 29.8. The molecule has 404 valence electrons. The Morgan fingerprint density at radius 3 is 1.23 bits per heavy atom. The molecule has 0 saturated heterocycles. The summed E-state index contributed by atoms with van der Waals surface area (Å²) in [6.45, 7) is 28.5. The number of ether oxygens (including phenoxy) is 2. The van der Waals surface area contributed by atoms with E-state index in [1.807, 2.05) is 34.8 Å². The van der Waals surface area contributed by atoms with Crippen LogP contribution in [0.25, 0.3) is 0 Å². The molecule has 0 aliphatic carbocycles. The first-order valence-electron chi connectivity index (χ1n) is 29.8. The van der Waals surface area contributed by atoms with Gasteiger partial charge < -0.3 is 24.3 Å². The van der Waals surface area contributed by atoms with Crippen LogP contribution >= 0.6 is 0 Å². The molecule has 0 heterocycles. The Bertz CT molecular complexity index is 761. The molecular formula is C60H129NO5. The second-order valence-electron chi connectivity index (χ2n) is 18.3. The maximum Gasteiger partial charge on any atom is 0.305 e. The highest BCUT2D eigenvalue weighted by molar-refractivity contribution is 5.69. The molecule has 1 atom stereocenters. The van der Waals surface area contributed by atoms with Gasteiger partial charge in [0.05, 0.1) is 13.2 Å². The minimum absolute atomic E-state index is 0.00788. The molecule has 0 aromatic rings. The van der Waals surface area contributed by atoms with Gasteiger partial charge in [-0.15, -0.1) is 0 Å². The minimum Gasteiger partial charge on any atom is -0.466 e. The molecule has 6 nitrogen and oxygen atoms in total. The topological polar surface area (TPSA) is 76.1 Å². The Hall–Kier alpha value is -0.980. The number of carbonyl (C=O) groups is 2. The standard InChI is InChI=1S/C27H55NO3.C17H36O.C6H12O.C6H14.2C2H6/c1-3-5-7-8-9-10-11-14-17-20-26-31-27(30)21-18-15-12-13-16-19-23-28(24-25-29)22-6-4-2;1-4-6-8-10-11-13-15-17(16-18-3)14-12-9-7-5-2;1-2-3-4-5-6-7;1-3-5-6-4-2;2*1-2/h29H,3-26H2,1-2H3;17H,4-16H2,1-3H3;6H,2-5H2,1H3;3-6H2,1-2H3;2*1-2H3. The molecule has 66 heavy (non-hydrogen) atoms. The van der Waals surface area contributed by atoms with Crippen LogP contribution in [0.2, 0.25) is 0 Å². The van der Waals surface area contributed by atoms with E-state index in [0.717, 1.165) is 70.5 Å². The Balaban J connectivity index is -0.000000214. The minimum atomic E-state index is -0.00788. The second-order valence-corrected chi connectivity index (χ2v) is 18.3. The normalized spacial score (nSPS) is 10.8. The number of esters is 1. The van der Waals surface area contributed by atoms with Crippen molar-refractivity contribution in [2.75, 3.05) is 46.6 Å². The zero-order valence-corrected chi connectivity index (χ0v) is 48.0. The van der Waals surface area contributed by atoms with Crippen molar-refractivity contribution in [3.63, 3.8) is 0 Å². The van der Waals surface area contributed by atoms with Crippen LogP contribution in [0, 0.1) is 5.92 Å². The number of methoxy groups -OCH3 is 1. The third kappa shape index (κ3) is 83.1. The Morgan fingerprint density at radius 1 is 0.455 bits per heavy atom. The van der Waals surface area contributed by atoms with E-state index in [0.29, 0.717) is 13.0 Å². The average Bonchev–Trinajstić information content (AvgIpc) is 3.34. The van der Waals surface area contributed by atoms with Gasteiger partial charge in [0.1, 0.15) is 6.29 Å². The first-order chi connectivity index (χ1) is 32.4. The summed E-state index contributed by atoms with van der Waals surface area (Å²) in [4.78, 5) is 23.9. The lowest BCUT2D eigenvalue weighted by Gasteiger charge is -2.20. The highest BCUT2D eigenvalue weighted by Crippen LogP contribution is 2.19. The molecule has 0 spiro atoms. The van der Waals surface area contributed by atoms with Crippen LogP contribution in [-0.2, 0) is 19.1 Å². The van der Waals surface area contributed by atoms with Crippen molar-refractivity contribution < 1.29 is 24.2 Å². The fourth-order valence-electron chi connectivity index (χ4n) is 7.62. The molecule has 0 aliphatic heterocycles. The maximum absolute atomic E-state index is 11.8. The van der Waals surface area contributed by atoms with E-state index in [4.69, 9.17) is 14.6 Å². The van der Waals surface area contributed by atoms with E-state index in [-0.39, 0.29) is 12.6 Å². The van der Waals surface area contributed by atoms with Crippen molar-refractivity contribution in [3.8, 4) is 0 Å². The van der Waals surface area contributed by atoms with Crippen molar-refractivity contribution in [2.45, 2.75) is 327 Å². The third-order valence-electron chi connectivity index (χ3n) is 11.8. The summed E-state index contributed by atoms with van der Waals surface area (Å²) in [5.74, 6) is 0.810. The number of rotatable bonds is 46. The number of carbonyl (C=O) groups excluding carboxylic acids is 2. The second kappa shape index (κ2) is 81.0. The van der Waals surface area contributed by atoms with Crippen LogP contribution in [0.1, 0.15) is 327 Å². The number of unbranched alkanes of at least 4 members (excludes halogenated alkanes) is 29. The van der Waals surface area contributed by atoms with Gasteiger partial charge in [-0.2, -0.15) is 0 Å².